The highest BCUT2D eigenvalue weighted by atomic mass is 15.2. The van der Waals surface area contributed by atoms with Crippen LogP contribution in [0.5, 0.6) is 0 Å². The van der Waals surface area contributed by atoms with Gasteiger partial charge in [0.15, 0.2) is 0 Å². The highest BCUT2D eigenvalue weighted by Crippen LogP contribution is 2.47. The summed E-state index contributed by atoms with van der Waals surface area (Å²) in [5.74, 6) is 0. The average Bonchev–Trinajstić information content (AvgIpc) is 2.19. The van der Waals surface area contributed by atoms with Gasteiger partial charge >= 0.3 is 0 Å². The van der Waals surface area contributed by atoms with Crippen LogP contribution >= 0.6 is 0 Å². The fraction of sp³-hybridized carbons (Fsp3) is 1.00. The van der Waals surface area contributed by atoms with Crippen LogP contribution in [-0.2, 0) is 0 Å². The summed E-state index contributed by atoms with van der Waals surface area (Å²) >= 11 is 0. The van der Waals surface area contributed by atoms with Gasteiger partial charge in [-0.25, -0.2) is 0 Å². The molecule has 0 aromatic heterocycles. The van der Waals surface area contributed by atoms with Crippen molar-refractivity contribution in [1.82, 2.24) is 10.2 Å². The van der Waals surface area contributed by atoms with E-state index in [1.165, 1.54) is 51.7 Å². The molecule has 2 rings (SSSR count). The van der Waals surface area contributed by atoms with E-state index >= 15 is 0 Å². The maximum absolute atomic E-state index is 3.61. The molecule has 0 aromatic carbocycles. The Morgan fingerprint density at radius 1 is 1.00 bits per heavy atom. The number of rotatable bonds is 1. The first-order chi connectivity index (χ1) is 8.77. The Bertz CT molecular complexity index is 280. The van der Waals surface area contributed by atoms with Crippen molar-refractivity contribution in [3.63, 3.8) is 0 Å². The Morgan fingerprint density at radius 2 is 1.63 bits per heavy atom. The van der Waals surface area contributed by atoms with Gasteiger partial charge in [-0.15, -0.1) is 0 Å². The molecule has 2 nitrogen and oxygen atoms in total. The largest absolute Gasteiger partial charge is 0.314 e. The second-order valence-electron chi connectivity index (χ2n) is 8.60. The van der Waals surface area contributed by atoms with Gasteiger partial charge in [-0.2, -0.15) is 0 Å². The Balaban J connectivity index is 2.02. The predicted molar refractivity (Wildman–Crippen MR) is 83.5 cm³/mol. The molecule has 112 valence electrons. The number of nitrogens with one attached hydrogen (secondary N) is 1. The number of hydrogen-bond acceptors (Lipinski definition) is 2. The lowest BCUT2D eigenvalue weighted by atomic mass is 9.63. The molecule has 1 atom stereocenters. The van der Waals surface area contributed by atoms with Gasteiger partial charge in [0.1, 0.15) is 0 Å². The Kier molecular flexibility index (Phi) is 4.62. The molecule has 2 fully saturated rings. The molecule has 1 saturated heterocycles. The van der Waals surface area contributed by atoms with E-state index in [9.17, 15) is 0 Å². The van der Waals surface area contributed by atoms with Crippen LogP contribution in [-0.4, -0.2) is 36.6 Å². The van der Waals surface area contributed by atoms with Crippen molar-refractivity contribution >= 4 is 0 Å². The van der Waals surface area contributed by atoms with Crippen LogP contribution in [0.2, 0.25) is 0 Å². The molecule has 1 unspecified atom stereocenters. The fourth-order valence-corrected chi connectivity index (χ4v) is 4.62. The number of nitrogens with zero attached hydrogens (tertiary/aromatic N) is 1. The zero-order valence-electron chi connectivity index (χ0n) is 13.8. The van der Waals surface area contributed by atoms with E-state index in [1.807, 2.05) is 0 Å². The maximum atomic E-state index is 3.61. The number of hydrogen-bond donors (Lipinski definition) is 1. The lowest BCUT2D eigenvalue weighted by Crippen LogP contribution is -2.49. The molecule has 1 saturated carbocycles. The highest BCUT2D eigenvalue weighted by Gasteiger charge is 2.40. The quantitative estimate of drug-likeness (QED) is 0.779. The summed E-state index contributed by atoms with van der Waals surface area (Å²) in [5, 5.41) is 3.61. The molecule has 1 aliphatic heterocycles. The van der Waals surface area contributed by atoms with E-state index in [0.717, 1.165) is 6.04 Å². The lowest BCUT2D eigenvalue weighted by Gasteiger charge is -2.49. The molecule has 1 aliphatic carbocycles. The van der Waals surface area contributed by atoms with Gasteiger partial charge in [0.2, 0.25) is 0 Å². The fourth-order valence-electron chi connectivity index (χ4n) is 4.62. The van der Waals surface area contributed by atoms with Crippen molar-refractivity contribution in [2.45, 2.75) is 78.8 Å². The van der Waals surface area contributed by atoms with Crippen molar-refractivity contribution in [3.8, 4) is 0 Å². The molecule has 1 heterocycles. The summed E-state index contributed by atoms with van der Waals surface area (Å²) in [4.78, 5) is 2.81. The molecular weight excluding hydrogens is 232 g/mol. The molecule has 2 aliphatic rings. The van der Waals surface area contributed by atoms with Crippen molar-refractivity contribution < 1.29 is 0 Å². The molecule has 19 heavy (non-hydrogen) atoms. The van der Waals surface area contributed by atoms with E-state index in [1.54, 1.807) is 0 Å². The zero-order chi connectivity index (χ0) is 14.1. The van der Waals surface area contributed by atoms with Gasteiger partial charge in [0, 0.05) is 12.1 Å². The standard InChI is InChI=1S/C17H34N2/c1-14-7-10-19(9-6-8-18-14)15-11-16(2,3)13-17(4,5)12-15/h14-15,18H,6-13H2,1-5H3. The first-order valence-corrected chi connectivity index (χ1v) is 8.25. The lowest BCUT2D eigenvalue weighted by molar-refractivity contribution is 0.0204. The van der Waals surface area contributed by atoms with Crippen molar-refractivity contribution in [2.75, 3.05) is 19.6 Å². The summed E-state index contributed by atoms with van der Waals surface area (Å²) in [5.41, 5.74) is 1.03. The normalized spacial score (nSPS) is 33.6. The van der Waals surface area contributed by atoms with Crippen LogP contribution in [0.1, 0.15) is 66.7 Å². The molecular formula is C17H34N2. The van der Waals surface area contributed by atoms with Crippen LogP contribution in [0.25, 0.3) is 0 Å². The molecule has 0 spiro atoms. The minimum Gasteiger partial charge on any atom is -0.314 e. The first-order valence-electron chi connectivity index (χ1n) is 8.25. The zero-order valence-corrected chi connectivity index (χ0v) is 13.8. The van der Waals surface area contributed by atoms with Crippen LogP contribution in [0, 0.1) is 10.8 Å². The molecule has 0 amide bonds. The second-order valence-corrected chi connectivity index (χ2v) is 8.60. The minimum absolute atomic E-state index is 0.513. The summed E-state index contributed by atoms with van der Waals surface area (Å²) < 4.78 is 0. The predicted octanol–water partition coefficient (Wildman–Crippen LogP) is 3.67. The topological polar surface area (TPSA) is 15.3 Å². The van der Waals surface area contributed by atoms with E-state index < -0.39 is 0 Å². The van der Waals surface area contributed by atoms with Crippen molar-refractivity contribution in [1.29, 1.82) is 0 Å². The first kappa shape index (κ1) is 15.3. The van der Waals surface area contributed by atoms with Gasteiger partial charge in [0.05, 0.1) is 0 Å². The third kappa shape index (κ3) is 4.46. The SMILES string of the molecule is CC1CCN(C2CC(C)(C)CC(C)(C)C2)CCCN1. The molecule has 0 aromatic rings. The van der Waals surface area contributed by atoms with Gasteiger partial charge in [0.25, 0.3) is 0 Å². The molecule has 1 N–H and O–H groups in total. The second kappa shape index (κ2) is 5.73. The van der Waals surface area contributed by atoms with Gasteiger partial charge in [-0.3, -0.25) is 0 Å². The third-order valence-electron chi connectivity index (χ3n) is 5.01. The van der Waals surface area contributed by atoms with Crippen LogP contribution < -0.4 is 5.32 Å². The van der Waals surface area contributed by atoms with Crippen molar-refractivity contribution in [2.24, 2.45) is 10.8 Å². The van der Waals surface area contributed by atoms with E-state index in [0.29, 0.717) is 16.9 Å². The Labute approximate surface area is 120 Å². The Hall–Kier alpha value is -0.0800. The maximum Gasteiger partial charge on any atom is 0.0105 e. The van der Waals surface area contributed by atoms with Crippen molar-refractivity contribution in [3.05, 3.63) is 0 Å². The van der Waals surface area contributed by atoms with Gasteiger partial charge in [-0.05, 0) is 69.5 Å². The minimum atomic E-state index is 0.513. The summed E-state index contributed by atoms with van der Waals surface area (Å²) in [7, 11) is 0. The van der Waals surface area contributed by atoms with E-state index in [2.05, 4.69) is 44.8 Å². The Morgan fingerprint density at radius 3 is 2.26 bits per heavy atom. The summed E-state index contributed by atoms with van der Waals surface area (Å²) in [6.45, 7) is 16.0. The molecule has 0 bridgehead atoms. The van der Waals surface area contributed by atoms with Crippen LogP contribution in [0.3, 0.4) is 0 Å². The monoisotopic (exact) mass is 266 g/mol. The summed E-state index contributed by atoms with van der Waals surface area (Å²) in [6, 6.07) is 1.50. The summed E-state index contributed by atoms with van der Waals surface area (Å²) in [6.07, 6.45) is 6.76. The van der Waals surface area contributed by atoms with Crippen LogP contribution in [0.15, 0.2) is 0 Å². The smallest absolute Gasteiger partial charge is 0.0105 e. The molecule has 2 heteroatoms. The van der Waals surface area contributed by atoms with Crippen LogP contribution in [0.4, 0.5) is 0 Å². The van der Waals surface area contributed by atoms with Gasteiger partial charge < -0.3 is 10.2 Å². The average molecular weight is 266 g/mol. The highest BCUT2D eigenvalue weighted by molar-refractivity contribution is 4.93. The molecule has 0 radical (unpaired) electrons. The van der Waals surface area contributed by atoms with E-state index in [-0.39, 0.29) is 0 Å². The van der Waals surface area contributed by atoms with E-state index in [4.69, 9.17) is 0 Å². The van der Waals surface area contributed by atoms with Gasteiger partial charge in [-0.1, -0.05) is 27.7 Å². The third-order valence-corrected chi connectivity index (χ3v) is 5.01.